The molecule has 0 bridgehead atoms. The maximum absolute atomic E-state index is 4.31. The average Bonchev–Trinajstić information content (AvgIpc) is 2.75. The number of anilines is 1. The first-order valence-electron chi connectivity index (χ1n) is 4.44. The van der Waals surface area contributed by atoms with E-state index < -0.39 is 0 Å². The van der Waals surface area contributed by atoms with E-state index in [0.29, 0.717) is 11.5 Å². The molecule has 2 aromatic heterocycles. The van der Waals surface area contributed by atoms with Gasteiger partial charge < -0.3 is 5.32 Å². The molecule has 0 radical (unpaired) electrons. The Kier molecular flexibility index (Phi) is 2.91. The molecule has 0 saturated heterocycles. The molecule has 0 unspecified atom stereocenters. The lowest BCUT2D eigenvalue weighted by molar-refractivity contribution is 0.938. The molecule has 7 heteroatoms. The Balaban J connectivity index is 2.38. The molecule has 0 spiro atoms. The normalized spacial score (nSPS) is 10.3. The number of aromatic nitrogens is 5. The monoisotopic (exact) mass is 268 g/mol. The van der Waals surface area contributed by atoms with E-state index in [1.165, 1.54) is 0 Å². The van der Waals surface area contributed by atoms with Gasteiger partial charge in [0.25, 0.3) is 0 Å². The van der Waals surface area contributed by atoms with Crippen molar-refractivity contribution in [1.82, 2.24) is 25.4 Å². The third kappa shape index (κ3) is 2.12. The lowest BCUT2D eigenvalue weighted by Gasteiger charge is -2.05. The van der Waals surface area contributed by atoms with Crippen LogP contribution in [0.15, 0.2) is 16.9 Å². The predicted octanol–water partition coefficient (Wildman–Crippen LogP) is 1.46. The van der Waals surface area contributed by atoms with Crippen molar-refractivity contribution in [2.24, 2.45) is 0 Å². The highest BCUT2D eigenvalue weighted by Crippen LogP contribution is 2.21. The van der Waals surface area contributed by atoms with Crippen LogP contribution in [-0.2, 0) is 0 Å². The molecule has 0 fully saturated rings. The van der Waals surface area contributed by atoms with Crippen molar-refractivity contribution < 1.29 is 0 Å². The van der Waals surface area contributed by atoms with Gasteiger partial charge >= 0.3 is 0 Å². The molecule has 15 heavy (non-hydrogen) atoms. The van der Waals surface area contributed by atoms with Crippen molar-refractivity contribution in [3.63, 3.8) is 0 Å². The van der Waals surface area contributed by atoms with Gasteiger partial charge in [0, 0.05) is 12.7 Å². The summed E-state index contributed by atoms with van der Waals surface area (Å²) in [6.45, 7) is 2.80. The van der Waals surface area contributed by atoms with Crippen molar-refractivity contribution in [2.75, 3.05) is 11.9 Å². The van der Waals surface area contributed by atoms with Crippen LogP contribution in [0, 0.1) is 0 Å². The van der Waals surface area contributed by atoms with E-state index in [-0.39, 0.29) is 0 Å². The highest BCUT2D eigenvalue weighted by atomic mass is 79.9. The molecule has 6 nitrogen and oxygen atoms in total. The summed E-state index contributed by atoms with van der Waals surface area (Å²) < 4.78 is 0.830. The molecule has 2 heterocycles. The first-order valence-corrected chi connectivity index (χ1v) is 5.23. The summed E-state index contributed by atoms with van der Waals surface area (Å²) in [5, 5.41) is 13.3. The maximum Gasteiger partial charge on any atom is 0.183 e. The summed E-state index contributed by atoms with van der Waals surface area (Å²) in [5.41, 5.74) is 0.627. The van der Waals surface area contributed by atoms with Gasteiger partial charge in [0.1, 0.15) is 11.5 Å². The topological polar surface area (TPSA) is 79.4 Å². The lowest BCUT2D eigenvalue weighted by atomic mass is 10.4. The second-order valence-corrected chi connectivity index (χ2v) is 3.63. The van der Waals surface area contributed by atoms with E-state index in [2.05, 4.69) is 46.6 Å². The number of nitrogens with zero attached hydrogens (tertiary/aromatic N) is 4. The van der Waals surface area contributed by atoms with Gasteiger partial charge in [-0.15, -0.1) is 0 Å². The highest BCUT2D eigenvalue weighted by Gasteiger charge is 2.07. The van der Waals surface area contributed by atoms with E-state index in [1.807, 2.05) is 6.92 Å². The Hall–Kier alpha value is -1.50. The van der Waals surface area contributed by atoms with Crippen LogP contribution in [0.2, 0.25) is 0 Å². The van der Waals surface area contributed by atoms with Crippen LogP contribution in [0.5, 0.6) is 0 Å². The summed E-state index contributed by atoms with van der Waals surface area (Å²) in [7, 11) is 0. The van der Waals surface area contributed by atoms with Gasteiger partial charge in [-0.3, -0.25) is 0 Å². The number of aromatic amines is 1. The third-order valence-corrected chi connectivity index (χ3v) is 2.31. The number of halogens is 1. The summed E-state index contributed by atoms with van der Waals surface area (Å²) in [5.74, 6) is 1.30. The summed E-state index contributed by atoms with van der Waals surface area (Å²) in [6.07, 6.45) is 3.27. The Morgan fingerprint density at radius 2 is 2.33 bits per heavy atom. The molecular weight excluding hydrogens is 260 g/mol. The molecule has 2 rings (SSSR count). The zero-order valence-electron chi connectivity index (χ0n) is 8.03. The first kappa shape index (κ1) is 10.0. The van der Waals surface area contributed by atoms with Gasteiger partial charge in [0.2, 0.25) is 0 Å². The molecule has 0 atom stereocenters. The second kappa shape index (κ2) is 4.35. The molecule has 0 saturated carbocycles. The maximum atomic E-state index is 4.31. The fraction of sp³-hybridized carbons (Fsp3) is 0.250. The number of hydrogen-bond acceptors (Lipinski definition) is 5. The van der Waals surface area contributed by atoms with Gasteiger partial charge in [-0.05, 0) is 22.9 Å². The fourth-order valence-corrected chi connectivity index (χ4v) is 1.42. The van der Waals surface area contributed by atoms with Crippen LogP contribution in [0.1, 0.15) is 6.92 Å². The second-order valence-electron chi connectivity index (χ2n) is 2.78. The van der Waals surface area contributed by atoms with Crippen molar-refractivity contribution in [1.29, 1.82) is 0 Å². The van der Waals surface area contributed by atoms with Gasteiger partial charge in [-0.2, -0.15) is 15.4 Å². The van der Waals surface area contributed by atoms with Gasteiger partial charge in [-0.25, -0.2) is 9.97 Å². The molecule has 0 aromatic carbocycles. The van der Waals surface area contributed by atoms with E-state index >= 15 is 0 Å². The molecule has 0 aliphatic heterocycles. The smallest absolute Gasteiger partial charge is 0.183 e. The predicted molar refractivity (Wildman–Crippen MR) is 59.3 cm³/mol. The lowest BCUT2D eigenvalue weighted by Crippen LogP contribution is -2.02. The Morgan fingerprint density at radius 1 is 1.47 bits per heavy atom. The van der Waals surface area contributed by atoms with E-state index in [1.54, 1.807) is 12.4 Å². The Morgan fingerprint density at radius 3 is 3.00 bits per heavy atom. The molecule has 2 aromatic rings. The molecule has 0 amide bonds. The van der Waals surface area contributed by atoms with Gasteiger partial charge in [-0.1, -0.05) is 0 Å². The quantitative estimate of drug-likeness (QED) is 0.881. The van der Waals surface area contributed by atoms with Gasteiger partial charge in [0.05, 0.1) is 10.7 Å². The molecule has 0 aliphatic rings. The Bertz CT molecular complexity index is 440. The van der Waals surface area contributed by atoms with Crippen molar-refractivity contribution in [3.05, 3.63) is 16.9 Å². The summed E-state index contributed by atoms with van der Waals surface area (Å²) in [4.78, 5) is 8.46. The number of H-pyrrole nitrogens is 1. The van der Waals surface area contributed by atoms with Crippen LogP contribution < -0.4 is 5.32 Å². The molecule has 2 N–H and O–H groups in total. The third-order valence-electron chi connectivity index (χ3n) is 1.73. The number of rotatable bonds is 3. The molecular formula is C8H9BrN6. The minimum Gasteiger partial charge on any atom is -0.369 e. The van der Waals surface area contributed by atoms with E-state index in [0.717, 1.165) is 16.8 Å². The van der Waals surface area contributed by atoms with Crippen LogP contribution in [0.4, 0.5) is 5.82 Å². The number of nitrogens with one attached hydrogen (secondary N) is 2. The van der Waals surface area contributed by atoms with Gasteiger partial charge in [0.15, 0.2) is 5.82 Å². The van der Waals surface area contributed by atoms with Crippen molar-refractivity contribution in [3.8, 4) is 11.5 Å². The highest BCUT2D eigenvalue weighted by molar-refractivity contribution is 9.10. The standard InChI is InChI=1S/C8H9BrN6/c1-2-10-7-5(9)3-11-8(13-7)6-4-12-15-14-6/h3-4H,2H2,1H3,(H,10,11,13)(H,12,14,15). The summed E-state index contributed by atoms with van der Waals surface area (Å²) in [6, 6.07) is 0. The Labute approximate surface area is 94.7 Å². The fourth-order valence-electron chi connectivity index (χ4n) is 1.09. The molecule has 78 valence electrons. The van der Waals surface area contributed by atoms with E-state index in [9.17, 15) is 0 Å². The zero-order valence-corrected chi connectivity index (χ0v) is 9.61. The SMILES string of the molecule is CCNc1nc(-c2cn[nH]n2)ncc1Br. The zero-order chi connectivity index (χ0) is 10.7. The minimum absolute atomic E-state index is 0.544. The summed E-state index contributed by atoms with van der Waals surface area (Å²) >= 11 is 3.36. The number of hydrogen-bond donors (Lipinski definition) is 2. The van der Waals surface area contributed by atoms with Crippen LogP contribution >= 0.6 is 15.9 Å². The average molecular weight is 269 g/mol. The molecule has 0 aliphatic carbocycles. The van der Waals surface area contributed by atoms with Crippen LogP contribution in [0.3, 0.4) is 0 Å². The van der Waals surface area contributed by atoms with Crippen LogP contribution in [-0.4, -0.2) is 31.9 Å². The first-order chi connectivity index (χ1) is 7.31. The van der Waals surface area contributed by atoms with E-state index in [4.69, 9.17) is 0 Å². The van der Waals surface area contributed by atoms with Crippen molar-refractivity contribution in [2.45, 2.75) is 6.92 Å². The van der Waals surface area contributed by atoms with Crippen LogP contribution in [0.25, 0.3) is 11.5 Å². The largest absolute Gasteiger partial charge is 0.369 e. The minimum atomic E-state index is 0.544. The van der Waals surface area contributed by atoms with Crippen molar-refractivity contribution >= 4 is 21.7 Å².